The first kappa shape index (κ1) is 12.8. The van der Waals surface area contributed by atoms with Crippen molar-refractivity contribution < 1.29 is 9.47 Å². The minimum Gasteiger partial charge on any atom is -0.354 e. The van der Waals surface area contributed by atoms with Crippen LogP contribution in [-0.4, -0.2) is 71.1 Å². The molecule has 0 heterocycles. The molecule has 0 aliphatic heterocycles. The Labute approximate surface area is 81.4 Å². The average molecular weight is 190 g/mol. The van der Waals surface area contributed by atoms with E-state index in [1.165, 1.54) is 0 Å². The zero-order chi connectivity index (χ0) is 10.1. The second kappa shape index (κ2) is 8.44. The predicted octanol–water partition coefficient (Wildman–Crippen LogP) is 0.100. The van der Waals surface area contributed by atoms with E-state index in [4.69, 9.17) is 9.47 Å². The van der Waals surface area contributed by atoms with Crippen LogP contribution in [0, 0.1) is 0 Å². The first-order valence-corrected chi connectivity index (χ1v) is 4.58. The van der Waals surface area contributed by atoms with Crippen molar-refractivity contribution in [3.05, 3.63) is 0 Å². The van der Waals surface area contributed by atoms with Crippen molar-refractivity contribution >= 4 is 0 Å². The van der Waals surface area contributed by atoms with Gasteiger partial charge in [-0.3, -0.25) is 0 Å². The van der Waals surface area contributed by atoms with Crippen LogP contribution in [0.15, 0.2) is 0 Å². The Morgan fingerprint density at radius 3 is 1.46 bits per heavy atom. The summed E-state index contributed by atoms with van der Waals surface area (Å²) in [7, 11) is 8.10. The molecule has 0 spiro atoms. The zero-order valence-electron chi connectivity index (χ0n) is 9.25. The van der Waals surface area contributed by atoms with Gasteiger partial charge >= 0.3 is 0 Å². The lowest BCUT2D eigenvalue weighted by Crippen LogP contribution is -2.21. The summed E-state index contributed by atoms with van der Waals surface area (Å²) in [6.07, 6.45) is 0. The fourth-order valence-corrected chi connectivity index (χ4v) is 0.671. The van der Waals surface area contributed by atoms with Crippen molar-refractivity contribution in [3.8, 4) is 0 Å². The zero-order valence-corrected chi connectivity index (χ0v) is 9.25. The molecule has 0 rings (SSSR count). The molecule has 0 aromatic heterocycles. The Balaban J connectivity index is 2.92. The van der Waals surface area contributed by atoms with Crippen LogP contribution in [0.25, 0.3) is 0 Å². The van der Waals surface area contributed by atoms with Gasteiger partial charge in [-0.2, -0.15) is 0 Å². The molecule has 0 unspecified atom stereocenters. The predicted molar refractivity (Wildman–Crippen MR) is 53.9 cm³/mol. The Hall–Kier alpha value is -0.160. The molecule has 13 heavy (non-hydrogen) atoms. The van der Waals surface area contributed by atoms with E-state index in [1.54, 1.807) is 0 Å². The third-order valence-electron chi connectivity index (χ3n) is 1.53. The molecule has 0 amide bonds. The third kappa shape index (κ3) is 11.8. The van der Waals surface area contributed by atoms with Crippen LogP contribution in [0.4, 0.5) is 0 Å². The highest BCUT2D eigenvalue weighted by molar-refractivity contribution is 4.39. The van der Waals surface area contributed by atoms with E-state index in [0.29, 0.717) is 6.79 Å². The van der Waals surface area contributed by atoms with Gasteiger partial charge in [0.05, 0.1) is 13.2 Å². The molecule has 0 fully saturated rings. The number of nitrogens with zero attached hydrogens (tertiary/aromatic N) is 2. The van der Waals surface area contributed by atoms with Crippen LogP contribution < -0.4 is 0 Å². The minimum atomic E-state index is 0.404. The second-order valence-electron chi connectivity index (χ2n) is 3.54. The molecule has 4 heteroatoms. The molecule has 0 radical (unpaired) electrons. The lowest BCUT2D eigenvalue weighted by atomic mass is 10.6. The molecule has 0 atom stereocenters. The smallest absolute Gasteiger partial charge is 0.146 e. The fourth-order valence-electron chi connectivity index (χ4n) is 0.671. The summed E-state index contributed by atoms with van der Waals surface area (Å²) in [5.41, 5.74) is 0. The summed E-state index contributed by atoms with van der Waals surface area (Å²) in [6.45, 7) is 3.75. The van der Waals surface area contributed by atoms with E-state index in [-0.39, 0.29) is 0 Å². The largest absolute Gasteiger partial charge is 0.354 e. The quantitative estimate of drug-likeness (QED) is 0.400. The SMILES string of the molecule is CN(C)CCOCOCCN(C)C. The molecule has 0 saturated carbocycles. The van der Waals surface area contributed by atoms with Crippen molar-refractivity contribution in [1.82, 2.24) is 9.80 Å². The van der Waals surface area contributed by atoms with E-state index in [1.807, 2.05) is 28.2 Å². The van der Waals surface area contributed by atoms with E-state index in [9.17, 15) is 0 Å². The topological polar surface area (TPSA) is 24.9 Å². The van der Waals surface area contributed by atoms with Gasteiger partial charge in [0.25, 0.3) is 0 Å². The van der Waals surface area contributed by atoms with Gasteiger partial charge in [-0.25, -0.2) is 0 Å². The molecule has 0 aliphatic rings. The van der Waals surface area contributed by atoms with Gasteiger partial charge in [-0.1, -0.05) is 0 Å². The van der Waals surface area contributed by atoms with Gasteiger partial charge in [0.1, 0.15) is 6.79 Å². The minimum absolute atomic E-state index is 0.404. The van der Waals surface area contributed by atoms with Crippen LogP contribution in [0.3, 0.4) is 0 Å². The molecule has 4 nitrogen and oxygen atoms in total. The summed E-state index contributed by atoms with van der Waals surface area (Å²) in [6, 6.07) is 0. The molecule has 80 valence electrons. The van der Waals surface area contributed by atoms with Crippen molar-refractivity contribution in [3.63, 3.8) is 0 Å². The number of hydrogen-bond donors (Lipinski definition) is 0. The molecule has 0 N–H and O–H groups in total. The average Bonchev–Trinajstić information content (AvgIpc) is 2.01. The lowest BCUT2D eigenvalue weighted by molar-refractivity contribution is -0.0589. The van der Waals surface area contributed by atoms with E-state index in [0.717, 1.165) is 26.3 Å². The Morgan fingerprint density at radius 2 is 1.15 bits per heavy atom. The highest BCUT2D eigenvalue weighted by Crippen LogP contribution is 1.82. The monoisotopic (exact) mass is 190 g/mol. The molecule has 0 aromatic carbocycles. The van der Waals surface area contributed by atoms with Crippen molar-refractivity contribution in [1.29, 1.82) is 0 Å². The fraction of sp³-hybridized carbons (Fsp3) is 1.00. The van der Waals surface area contributed by atoms with Gasteiger partial charge in [0.2, 0.25) is 0 Å². The summed E-state index contributed by atoms with van der Waals surface area (Å²) < 4.78 is 10.5. The van der Waals surface area contributed by atoms with Crippen molar-refractivity contribution in [2.45, 2.75) is 0 Å². The molecule has 0 aliphatic carbocycles. The van der Waals surface area contributed by atoms with Crippen LogP contribution in [0.5, 0.6) is 0 Å². The first-order valence-electron chi connectivity index (χ1n) is 4.58. The lowest BCUT2D eigenvalue weighted by Gasteiger charge is -2.11. The Morgan fingerprint density at radius 1 is 0.769 bits per heavy atom. The highest BCUT2D eigenvalue weighted by atomic mass is 16.7. The van der Waals surface area contributed by atoms with Crippen LogP contribution in [0.1, 0.15) is 0 Å². The summed E-state index contributed by atoms with van der Waals surface area (Å²) >= 11 is 0. The maximum atomic E-state index is 5.24. The number of ether oxygens (including phenoxy) is 2. The van der Waals surface area contributed by atoms with Gasteiger partial charge in [-0.05, 0) is 28.2 Å². The molecular weight excluding hydrogens is 168 g/mol. The van der Waals surface area contributed by atoms with Gasteiger partial charge < -0.3 is 19.3 Å². The standard InChI is InChI=1S/C9H22N2O2/c1-10(2)5-7-12-9-13-8-6-11(3)4/h5-9H2,1-4H3. The third-order valence-corrected chi connectivity index (χ3v) is 1.53. The Kier molecular flexibility index (Phi) is 8.33. The van der Waals surface area contributed by atoms with E-state index in [2.05, 4.69) is 9.80 Å². The van der Waals surface area contributed by atoms with Gasteiger partial charge in [0.15, 0.2) is 0 Å². The maximum Gasteiger partial charge on any atom is 0.146 e. The van der Waals surface area contributed by atoms with Gasteiger partial charge in [-0.15, -0.1) is 0 Å². The molecule has 0 aromatic rings. The molecule has 0 bridgehead atoms. The van der Waals surface area contributed by atoms with Crippen LogP contribution >= 0.6 is 0 Å². The van der Waals surface area contributed by atoms with Crippen LogP contribution in [-0.2, 0) is 9.47 Å². The van der Waals surface area contributed by atoms with Crippen molar-refractivity contribution in [2.24, 2.45) is 0 Å². The van der Waals surface area contributed by atoms with Crippen molar-refractivity contribution in [2.75, 3.05) is 61.3 Å². The summed E-state index contributed by atoms with van der Waals surface area (Å²) in [5.74, 6) is 0. The summed E-state index contributed by atoms with van der Waals surface area (Å²) in [5, 5.41) is 0. The van der Waals surface area contributed by atoms with E-state index < -0.39 is 0 Å². The number of likely N-dealkylation sites (N-methyl/N-ethyl adjacent to an activating group) is 2. The summed E-state index contributed by atoms with van der Waals surface area (Å²) in [4.78, 5) is 4.17. The highest BCUT2D eigenvalue weighted by Gasteiger charge is 1.92. The van der Waals surface area contributed by atoms with Gasteiger partial charge in [0, 0.05) is 13.1 Å². The Bertz CT molecular complexity index is 95.8. The number of hydrogen-bond acceptors (Lipinski definition) is 4. The second-order valence-corrected chi connectivity index (χ2v) is 3.54. The first-order chi connectivity index (χ1) is 6.13. The maximum absolute atomic E-state index is 5.24. The normalized spacial score (nSPS) is 11.5. The van der Waals surface area contributed by atoms with E-state index >= 15 is 0 Å². The molecular formula is C9H22N2O2. The van der Waals surface area contributed by atoms with Crippen LogP contribution in [0.2, 0.25) is 0 Å². The number of rotatable bonds is 8. The molecule has 0 saturated heterocycles.